The van der Waals surface area contributed by atoms with E-state index < -0.39 is 5.91 Å². The first kappa shape index (κ1) is 11.2. The van der Waals surface area contributed by atoms with Gasteiger partial charge in [-0.2, -0.15) is 5.10 Å². The number of aromatic hydroxyl groups is 1. The molecule has 4 N–H and O–H groups in total. The van der Waals surface area contributed by atoms with E-state index in [1.807, 2.05) is 0 Å². The van der Waals surface area contributed by atoms with Gasteiger partial charge in [0.1, 0.15) is 12.4 Å². The van der Waals surface area contributed by atoms with E-state index in [9.17, 15) is 9.90 Å². The molecule has 0 saturated heterocycles. The molecule has 0 aromatic heterocycles. The zero-order valence-corrected chi connectivity index (χ0v) is 7.88. The van der Waals surface area contributed by atoms with Crippen LogP contribution in [0, 0.1) is 0 Å². The first-order chi connectivity index (χ1) is 7.24. The van der Waals surface area contributed by atoms with Crippen LogP contribution in [0.5, 0.6) is 5.75 Å². The van der Waals surface area contributed by atoms with Crippen molar-refractivity contribution in [2.75, 3.05) is 6.61 Å². The number of hydrazone groups is 1. The second-order valence-corrected chi connectivity index (χ2v) is 2.66. The molecule has 1 amide bonds. The van der Waals surface area contributed by atoms with Crippen LogP contribution in [0.3, 0.4) is 0 Å². The average molecular weight is 209 g/mol. The molecule has 0 atom stereocenters. The highest BCUT2D eigenvalue weighted by Gasteiger charge is 1.97. The highest BCUT2D eigenvalue weighted by Crippen LogP contribution is 2.12. The number of nitrogens with one attached hydrogen (secondary N) is 1. The number of rotatable bonds is 4. The van der Waals surface area contributed by atoms with Gasteiger partial charge in [0, 0.05) is 5.56 Å². The van der Waals surface area contributed by atoms with Crippen LogP contribution in [-0.4, -0.2) is 23.8 Å². The van der Waals surface area contributed by atoms with E-state index in [0.717, 1.165) is 0 Å². The molecule has 6 nitrogen and oxygen atoms in total. The van der Waals surface area contributed by atoms with Crippen LogP contribution in [0.1, 0.15) is 5.56 Å². The Morgan fingerprint density at radius 2 is 2.33 bits per heavy atom. The van der Waals surface area contributed by atoms with Gasteiger partial charge in [0.25, 0.3) is 5.91 Å². The molecule has 0 aliphatic carbocycles. The van der Waals surface area contributed by atoms with E-state index in [4.69, 9.17) is 0 Å². The molecular weight excluding hydrogens is 198 g/mol. The minimum Gasteiger partial charge on any atom is -0.507 e. The Hall–Kier alpha value is -1.92. The third kappa shape index (κ3) is 3.75. The van der Waals surface area contributed by atoms with E-state index in [1.165, 1.54) is 12.3 Å². The predicted octanol–water partition coefficient (Wildman–Crippen LogP) is -0.267. The van der Waals surface area contributed by atoms with E-state index in [0.29, 0.717) is 5.56 Å². The molecule has 0 aliphatic heterocycles. The molecule has 0 bridgehead atoms. The normalized spacial score (nSPS) is 10.5. The smallest absolute Gasteiger partial charge is 0.268 e. The van der Waals surface area contributed by atoms with Crippen molar-refractivity contribution in [3.63, 3.8) is 0 Å². The molecule has 1 rings (SSSR count). The Bertz CT molecular complexity index is 365. The fraction of sp³-hybridized carbons (Fsp3) is 0.111. The SMILES string of the molecule is NOCC(=O)N/N=C/c1ccccc1O. The van der Waals surface area contributed by atoms with E-state index in [2.05, 4.69) is 21.3 Å². The monoisotopic (exact) mass is 209 g/mol. The second kappa shape index (κ2) is 5.74. The maximum atomic E-state index is 10.8. The van der Waals surface area contributed by atoms with Gasteiger partial charge >= 0.3 is 0 Å². The molecule has 0 radical (unpaired) electrons. The van der Waals surface area contributed by atoms with Gasteiger partial charge in [-0.3, -0.25) is 9.63 Å². The van der Waals surface area contributed by atoms with Gasteiger partial charge in [-0.1, -0.05) is 12.1 Å². The summed E-state index contributed by atoms with van der Waals surface area (Å²) in [4.78, 5) is 14.9. The Kier molecular flexibility index (Phi) is 4.27. The molecule has 0 spiro atoms. The van der Waals surface area contributed by atoms with Crippen LogP contribution in [0.15, 0.2) is 29.4 Å². The summed E-state index contributed by atoms with van der Waals surface area (Å²) in [7, 11) is 0. The van der Waals surface area contributed by atoms with Crippen LogP contribution in [-0.2, 0) is 9.63 Å². The fourth-order valence-electron chi connectivity index (χ4n) is 0.878. The largest absolute Gasteiger partial charge is 0.507 e. The minimum absolute atomic E-state index is 0.0885. The van der Waals surface area contributed by atoms with Gasteiger partial charge in [0.05, 0.1) is 6.21 Å². The number of nitrogens with zero attached hydrogens (tertiary/aromatic N) is 1. The van der Waals surface area contributed by atoms with Crippen molar-refractivity contribution in [1.82, 2.24) is 5.43 Å². The lowest BCUT2D eigenvalue weighted by Gasteiger charge is -1.98. The van der Waals surface area contributed by atoms with Gasteiger partial charge < -0.3 is 5.11 Å². The van der Waals surface area contributed by atoms with Crippen molar-refractivity contribution in [1.29, 1.82) is 0 Å². The molecule has 0 aliphatic rings. The van der Waals surface area contributed by atoms with Crippen molar-refractivity contribution >= 4 is 12.1 Å². The molecule has 0 saturated carbocycles. The number of phenols is 1. The zero-order valence-electron chi connectivity index (χ0n) is 7.88. The number of phenolic OH excluding ortho intramolecular Hbond substituents is 1. The van der Waals surface area contributed by atoms with E-state index >= 15 is 0 Å². The highest BCUT2D eigenvalue weighted by molar-refractivity contribution is 5.85. The molecule has 6 heteroatoms. The van der Waals surface area contributed by atoms with Crippen molar-refractivity contribution in [3.8, 4) is 5.75 Å². The molecule has 0 fully saturated rings. The third-order valence-corrected chi connectivity index (χ3v) is 1.54. The number of hydrogen-bond donors (Lipinski definition) is 3. The summed E-state index contributed by atoms with van der Waals surface area (Å²) in [5, 5.41) is 12.9. The average Bonchev–Trinajstić information content (AvgIpc) is 2.21. The highest BCUT2D eigenvalue weighted by atomic mass is 16.6. The molecule has 0 unspecified atom stereocenters. The maximum absolute atomic E-state index is 10.8. The summed E-state index contributed by atoms with van der Waals surface area (Å²) in [5.74, 6) is 4.30. The Labute approximate surface area is 86.3 Å². The molecule has 80 valence electrons. The number of benzene rings is 1. The molecule has 1 aromatic carbocycles. The van der Waals surface area contributed by atoms with Crippen LogP contribution in [0.4, 0.5) is 0 Å². The summed E-state index contributed by atoms with van der Waals surface area (Å²) in [5.41, 5.74) is 2.68. The van der Waals surface area contributed by atoms with E-state index in [1.54, 1.807) is 18.2 Å². The Morgan fingerprint density at radius 3 is 3.00 bits per heavy atom. The van der Waals surface area contributed by atoms with Crippen molar-refractivity contribution in [2.45, 2.75) is 0 Å². The third-order valence-electron chi connectivity index (χ3n) is 1.54. The number of nitrogens with two attached hydrogens (primary N) is 1. The van der Waals surface area contributed by atoms with Crippen LogP contribution in [0.2, 0.25) is 0 Å². The Morgan fingerprint density at radius 1 is 1.60 bits per heavy atom. The fourth-order valence-corrected chi connectivity index (χ4v) is 0.878. The number of carbonyl (C=O) groups excluding carboxylic acids is 1. The lowest BCUT2D eigenvalue weighted by molar-refractivity contribution is -0.125. The first-order valence-corrected chi connectivity index (χ1v) is 4.15. The molecular formula is C9H11N3O3. The lowest BCUT2D eigenvalue weighted by Crippen LogP contribution is -2.24. The summed E-state index contributed by atoms with van der Waals surface area (Å²) < 4.78 is 0. The maximum Gasteiger partial charge on any atom is 0.268 e. The Balaban J connectivity index is 2.52. The number of carbonyl (C=O) groups is 1. The van der Waals surface area contributed by atoms with Crippen LogP contribution < -0.4 is 11.3 Å². The summed E-state index contributed by atoms with van der Waals surface area (Å²) >= 11 is 0. The van der Waals surface area contributed by atoms with Crippen molar-refractivity contribution in [3.05, 3.63) is 29.8 Å². The van der Waals surface area contributed by atoms with Gasteiger partial charge in [-0.15, -0.1) is 0 Å². The lowest BCUT2D eigenvalue weighted by atomic mass is 10.2. The molecule has 15 heavy (non-hydrogen) atoms. The second-order valence-electron chi connectivity index (χ2n) is 2.66. The minimum atomic E-state index is -0.468. The van der Waals surface area contributed by atoms with Gasteiger partial charge in [0.2, 0.25) is 0 Å². The summed E-state index contributed by atoms with van der Waals surface area (Å²) in [6.07, 6.45) is 1.32. The summed E-state index contributed by atoms with van der Waals surface area (Å²) in [6.45, 7) is -0.266. The number of para-hydroxylation sites is 1. The first-order valence-electron chi connectivity index (χ1n) is 4.15. The standard InChI is InChI=1S/C9H11N3O3/c10-15-6-9(14)12-11-5-7-3-1-2-4-8(7)13/h1-5,13H,6,10H2,(H,12,14)/b11-5+. The predicted molar refractivity (Wildman–Crippen MR) is 54.0 cm³/mol. The van der Waals surface area contributed by atoms with E-state index in [-0.39, 0.29) is 12.4 Å². The number of amides is 1. The van der Waals surface area contributed by atoms with Crippen LogP contribution in [0.25, 0.3) is 0 Å². The van der Waals surface area contributed by atoms with Gasteiger partial charge in [-0.25, -0.2) is 11.3 Å². The molecule has 1 aromatic rings. The van der Waals surface area contributed by atoms with Crippen molar-refractivity contribution in [2.24, 2.45) is 11.0 Å². The number of hydrogen-bond acceptors (Lipinski definition) is 5. The molecule has 0 heterocycles. The van der Waals surface area contributed by atoms with Gasteiger partial charge in [-0.05, 0) is 12.1 Å². The summed E-state index contributed by atoms with van der Waals surface area (Å²) in [6, 6.07) is 6.61. The zero-order chi connectivity index (χ0) is 11.1. The topological polar surface area (TPSA) is 96.9 Å². The van der Waals surface area contributed by atoms with Crippen molar-refractivity contribution < 1.29 is 14.7 Å². The van der Waals surface area contributed by atoms with Crippen LogP contribution >= 0.6 is 0 Å². The quantitative estimate of drug-likeness (QED) is 0.469. The van der Waals surface area contributed by atoms with Gasteiger partial charge in [0.15, 0.2) is 0 Å².